The minimum Gasteiger partial charge on any atom is -0.358 e. The number of hydrogen-bond donors (Lipinski definition) is 1. The van der Waals surface area contributed by atoms with Crippen LogP contribution in [0.2, 0.25) is 0 Å². The summed E-state index contributed by atoms with van der Waals surface area (Å²) in [6.45, 7) is 12.6. The summed E-state index contributed by atoms with van der Waals surface area (Å²) in [6, 6.07) is 26.3. The molecule has 36 heavy (non-hydrogen) atoms. The molecule has 1 N–H and O–H groups in total. The Hall–Kier alpha value is -1.41. The number of aryl methyl sites for hydroxylation is 2. The third-order valence-electron chi connectivity index (χ3n) is 5.97. The molecule has 7 heteroatoms. The molecule has 0 spiro atoms. The van der Waals surface area contributed by atoms with Crippen molar-refractivity contribution in [1.29, 1.82) is 0 Å². The Morgan fingerprint density at radius 1 is 0.722 bits per heavy atom. The second-order valence-corrected chi connectivity index (χ2v) is 16.2. The van der Waals surface area contributed by atoms with Gasteiger partial charge in [0.2, 0.25) is 0 Å². The second-order valence-electron chi connectivity index (χ2n) is 10.2. The molecule has 0 atom stereocenters. The molecule has 0 saturated heterocycles. The molecular weight excluding hydrogens is 580 g/mol. The van der Waals surface area contributed by atoms with Gasteiger partial charge in [-0.05, 0) is 64.8 Å². The predicted octanol–water partition coefficient (Wildman–Crippen LogP) is 7.23. The van der Waals surface area contributed by atoms with E-state index in [4.69, 9.17) is 0 Å². The van der Waals surface area contributed by atoms with E-state index in [1.165, 1.54) is 11.1 Å². The monoisotopic (exact) mass is 621 g/mol. The van der Waals surface area contributed by atoms with Gasteiger partial charge in [-0.2, -0.15) is 8.42 Å². The van der Waals surface area contributed by atoms with Crippen molar-refractivity contribution in [3.63, 3.8) is 0 Å². The van der Waals surface area contributed by atoms with E-state index in [1.54, 1.807) is 0 Å². The summed E-state index contributed by atoms with van der Waals surface area (Å²) in [7, 11) is -5.52. The molecule has 0 amide bonds. The van der Waals surface area contributed by atoms with Crippen LogP contribution in [0.25, 0.3) is 0 Å². The largest absolute Gasteiger partial charge is 0.358 e. The van der Waals surface area contributed by atoms with Crippen molar-refractivity contribution in [3.8, 4) is 0 Å². The zero-order chi connectivity index (χ0) is 25.4. The van der Waals surface area contributed by atoms with Crippen molar-refractivity contribution in [2.24, 2.45) is 0 Å². The summed E-state index contributed by atoms with van der Waals surface area (Å²) in [4.78, 5) is 4.17. The SMILES string of the molecule is CC(C)(Cc1ccccc1)[PH+](CS(=O)(=O)O)C(C)(C)Cc1ccccc1.Cc1cccc(C)n1.[CH3-].[Pd]. The fourth-order valence-corrected chi connectivity index (χ4v) is 11.8. The van der Waals surface area contributed by atoms with E-state index in [-0.39, 0.29) is 43.7 Å². The smallest absolute Gasteiger partial charge is 0.299 e. The van der Waals surface area contributed by atoms with Crippen molar-refractivity contribution in [3.05, 3.63) is 109 Å². The molecule has 0 fully saturated rings. The Morgan fingerprint density at radius 3 is 1.36 bits per heavy atom. The molecule has 0 radical (unpaired) electrons. The fourth-order valence-electron chi connectivity index (χ4n) is 4.59. The van der Waals surface area contributed by atoms with Gasteiger partial charge >= 0.3 is 0 Å². The molecule has 1 heterocycles. The quantitative estimate of drug-likeness (QED) is 0.125. The predicted molar refractivity (Wildman–Crippen MR) is 153 cm³/mol. The Labute approximate surface area is 234 Å². The minimum atomic E-state index is -4.03. The summed E-state index contributed by atoms with van der Waals surface area (Å²) < 4.78 is 33.3. The van der Waals surface area contributed by atoms with Crippen LogP contribution in [0.5, 0.6) is 0 Å². The molecule has 0 bridgehead atoms. The number of nitrogens with zero attached hydrogens (tertiary/aromatic N) is 1. The first-order chi connectivity index (χ1) is 15.8. The Morgan fingerprint density at radius 2 is 1.08 bits per heavy atom. The van der Waals surface area contributed by atoms with Crippen LogP contribution in [-0.4, -0.2) is 33.8 Å². The number of aromatic nitrogens is 1. The molecule has 0 aliphatic rings. The Kier molecular flexibility index (Phi) is 14.5. The molecule has 1 aromatic heterocycles. The standard InChI is InChI=1S/C21H29O3PS.C7H9N.CH3.Pd/c1-20(2,15-18-11-7-5-8-12-18)25(17-26(22,23)24)21(3,4)16-19-13-9-6-10-14-19;1-6-4-3-5-7(2)8-6;;/h5-14H,15-17H2,1-4H3,(H,22,23,24);3-5H,1-2H3;1H3;/q;;-1;/p+1. The van der Waals surface area contributed by atoms with Crippen LogP contribution in [0.1, 0.15) is 50.2 Å². The van der Waals surface area contributed by atoms with Crippen LogP contribution < -0.4 is 0 Å². The molecule has 0 saturated carbocycles. The van der Waals surface area contributed by atoms with E-state index in [0.29, 0.717) is 0 Å². The van der Waals surface area contributed by atoms with Crippen LogP contribution in [0, 0.1) is 21.3 Å². The van der Waals surface area contributed by atoms with E-state index < -0.39 is 18.0 Å². The zero-order valence-corrected chi connectivity index (χ0v) is 25.9. The first-order valence-electron chi connectivity index (χ1n) is 11.6. The van der Waals surface area contributed by atoms with Crippen LogP contribution in [-0.2, 0) is 43.4 Å². The summed E-state index contributed by atoms with van der Waals surface area (Å²) in [5.74, 6) is 0. The topological polar surface area (TPSA) is 67.3 Å². The first-order valence-corrected chi connectivity index (χ1v) is 14.9. The average Bonchev–Trinajstić information content (AvgIpc) is 2.72. The van der Waals surface area contributed by atoms with Crippen molar-refractivity contribution >= 4 is 18.0 Å². The fraction of sp³-hybridized carbons (Fsp3) is 0.379. The van der Waals surface area contributed by atoms with Crippen molar-refractivity contribution in [2.45, 2.75) is 64.7 Å². The summed E-state index contributed by atoms with van der Waals surface area (Å²) >= 11 is 0. The molecule has 3 aromatic rings. The van der Waals surface area contributed by atoms with Gasteiger partial charge in [0.25, 0.3) is 10.1 Å². The molecule has 4 nitrogen and oxygen atoms in total. The third kappa shape index (κ3) is 12.2. The van der Waals surface area contributed by atoms with E-state index in [2.05, 4.69) is 56.9 Å². The van der Waals surface area contributed by atoms with Crippen LogP contribution in [0.15, 0.2) is 78.9 Å². The molecule has 2 aromatic carbocycles. The Balaban J connectivity index is 0.00000104. The minimum absolute atomic E-state index is 0. The number of pyridine rings is 1. The normalized spacial score (nSPS) is 11.6. The molecule has 0 aliphatic carbocycles. The van der Waals surface area contributed by atoms with E-state index in [9.17, 15) is 13.0 Å². The van der Waals surface area contributed by atoms with E-state index in [1.807, 2.05) is 68.4 Å². The summed E-state index contributed by atoms with van der Waals surface area (Å²) in [5, 5.41) is -0.389. The average molecular weight is 622 g/mol. The van der Waals surface area contributed by atoms with Gasteiger partial charge in [-0.15, -0.1) is 0 Å². The van der Waals surface area contributed by atoms with E-state index >= 15 is 0 Å². The number of rotatable bonds is 8. The van der Waals surface area contributed by atoms with Gasteiger partial charge in [0.05, 0.1) is 10.3 Å². The van der Waals surface area contributed by atoms with Crippen LogP contribution in [0.3, 0.4) is 0 Å². The Bertz CT molecular complexity index is 1070. The molecule has 202 valence electrons. The van der Waals surface area contributed by atoms with Gasteiger partial charge in [0, 0.05) is 52.6 Å². The second kappa shape index (κ2) is 15.1. The van der Waals surface area contributed by atoms with Crippen LogP contribution in [0.4, 0.5) is 0 Å². The maximum Gasteiger partial charge on any atom is 0.299 e. The van der Waals surface area contributed by atoms with Crippen molar-refractivity contribution in [1.82, 2.24) is 4.98 Å². The van der Waals surface area contributed by atoms with Gasteiger partial charge in [-0.25, -0.2) is 0 Å². The molecular formula is C29H42NO3PPdS. The maximum atomic E-state index is 11.8. The summed E-state index contributed by atoms with van der Waals surface area (Å²) in [6.07, 6.45) is 1.60. The van der Waals surface area contributed by atoms with Gasteiger partial charge in [0.1, 0.15) is 0 Å². The molecule has 0 unspecified atom stereocenters. The van der Waals surface area contributed by atoms with Crippen molar-refractivity contribution < 1.29 is 33.4 Å². The van der Waals surface area contributed by atoms with Gasteiger partial charge in [-0.1, -0.05) is 66.7 Å². The molecule has 0 aliphatic heterocycles. The first kappa shape index (κ1) is 34.6. The summed E-state index contributed by atoms with van der Waals surface area (Å²) in [5.41, 5.74) is 4.45. The zero-order valence-electron chi connectivity index (χ0n) is 22.6. The third-order valence-corrected chi connectivity index (χ3v) is 12.2. The van der Waals surface area contributed by atoms with E-state index in [0.717, 1.165) is 24.2 Å². The number of benzene rings is 2. The van der Waals surface area contributed by atoms with Crippen molar-refractivity contribution in [2.75, 3.05) is 5.49 Å². The van der Waals surface area contributed by atoms with Gasteiger partial charge < -0.3 is 7.43 Å². The van der Waals surface area contributed by atoms with Gasteiger partial charge in [-0.3, -0.25) is 9.54 Å². The molecule has 3 rings (SSSR count). The maximum absolute atomic E-state index is 11.8. The van der Waals surface area contributed by atoms with Crippen LogP contribution >= 0.6 is 7.92 Å². The number of hydrogen-bond acceptors (Lipinski definition) is 3. The van der Waals surface area contributed by atoms with Gasteiger partial charge in [0.15, 0.2) is 5.49 Å².